The van der Waals surface area contributed by atoms with E-state index in [0.29, 0.717) is 18.7 Å². The third kappa shape index (κ3) is 5.76. The molecular weight excluding hydrogens is 627 g/mol. The van der Waals surface area contributed by atoms with Crippen LogP contribution in [0.3, 0.4) is 0 Å². The maximum absolute atomic E-state index is 13.3. The van der Waals surface area contributed by atoms with Gasteiger partial charge in [-0.15, -0.1) is 0 Å². The van der Waals surface area contributed by atoms with Gasteiger partial charge >= 0.3 is 6.09 Å². The molecule has 39 heavy (non-hydrogen) atoms. The van der Waals surface area contributed by atoms with Gasteiger partial charge in [0, 0.05) is 58.8 Å². The number of carbonyl (C=O) groups is 1. The zero-order chi connectivity index (χ0) is 27.9. The molecule has 8 nitrogen and oxygen atoms in total. The van der Waals surface area contributed by atoms with Crippen LogP contribution in [0.25, 0.3) is 22.2 Å². The highest BCUT2D eigenvalue weighted by Crippen LogP contribution is 2.31. The molecule has 0 saturated carbocycles. The van der Waals surface area contributed by atoms with E-state index in [9.17, 15) is 13.2 Å². The van der Waals surface area contributed by atoms with Gasteiger partial charge in [0.15, 0.2) is 5.65 Å². The van der Waals surface area contributed by atoms with Crippen LogP contribution in [0.4, 0.5) is 10.5 Å². The fraction of sp³-hybridized carbons (Fsp3) is 0.310. The Morgan fingerprint density at radius 2 is 1.59 bits per heavy atom. The van der Waals surface area contributed by atoms with Gasteiger partial charge in [0.05, 0.1) is 4.90 Å². The Kier molecular flexibility index (Phi) is 7.36. The summed E-state index contributed by atoms with van der Waals surface area (Å²) in [6, 6.07) is 17.0. The van der Waals surface area contributed by atoms with E-state index in [4.69, 9.17) is 4.74 Å². The number of amides is 1. The van der Waals surface area contributed by atoms with E-state index in [1.165, 1.54) is 3.97 Å². The highest BCUT2D eigenvalue weighted by molar-refractivity contribution is 14.1. The summed E-state index contributed by atoms with van der Waals surface area (Å²) in [5.41, 5.74) is 3.89. The molecule has 0 atom stereocenters. The molecule has 0 spiro atoms. The van der Waals surface area contributed by atoms with Gasteiger partial charge in [-0.2, -0.15) is 0 Å². The molecule has 0 aliphatic carbocycles. The molecule has 3 heterocycles. The number of rotatable bonds is 4. The molecule has 0 N–H and O–H groups in total. The van der Waals surface area contributed by atoms with Gasteiger partial charge in [0.25, 0.3) is 10.0 Å². The lowest BCUT2D eigenvalue weighted by molar-refractivity contribution is 0.0240. The van der Waals surface area contributed by atoms with Crippen molar-refractivity contribution in [3.05, 3.63) is 76.1 Å². The number of benzene rings is 2. The molecule has 1 saturated heterocycles. The number of aromatic nitrogens is 2. The van der Waals surface area contributed by atoms with Crippen molar-refractivity contribution in [2.75, 3.05) is 31.1 Å². The van der Waals surface area contributed by atoms with Crippen LogP contribution in [0.1, 0.15) is 26.3 Å². The van der Waals surface area contributed by atoms with Crippen molar-refractivity contribution in [3.8, 4) is 11.1 Å². The fourth-order valence-electron chi connectivity index (χ4n) is 4.55. The van der Waals surface area contributed by atoms with E-state index in [2.05, 4.69) is 44.6 Å². The molecule has 1 aliphatic rings. The number of fused-ring (bicyclic) bond motifs is 1. The number of aryl methyl sites for hydroxylation is 1. The van der Waals surface area contributed by atoms with E-state index >= 15 is 0 Å². The summed E-state index contributed by atoms with van der Waals surface area (Å²) in [5.74, 6) is 0. The second kappa shape index (κ2) is 10.5. The highest BCUT2D eigenvalue weighted by atomic mass is 127. The maximum atomic E-state index is 13.3. The summed E-state index contributed by atoms with van der Waals surface area (Å²) in [5, 5.41) is 0.783. The van der Waals surface area contributed by atoms with Gasteiger partial charge in [0.2, 0.25) is 0 Å². The van der Waals surface area contributed by atoms with E-state index in [1.807, 2.05) is 45.9 Å². The number of carbonyl (C=O) groups excluding carboxylic acids is 1. The van der Waals surface area contributed by atoms with E-state index in [-0.39, 0.29) is 11.0 Å². The zero-order valence-electron chi connectivity index (χ0n) is 22.4. The monoisotopic (exact) mass is 658 g/mol. The second-order valence-electron chi connectivity index (χ2n) is 10.7. The lowest BCUT2D eigenvalue weighted by atomic mass is 10.1. The Bertz CT molecular complexity index is 1620. The SMILES string of the molecule is Cc1ccc(S(=O)(=O)n2cc(I)c3cc(-c4ccc(N5CCN(C(=O)OC(C)(C)C)CC5)cc4)cnc32)cc1. The standard InChI is InChI=1S/C29H31IN4O4S/c1-20-5-11-24(12-6-20)39(36,37)34-19-26(30)25-17-22(18-31-27(25)34)21-7-9-23(10-8-21)32-13-15-33(16-14-32)28(35)38-29(2,3)4/h5-12,17-19H,13-16H2,1-4H3. The van der Waals surface area contributed by atoms with Crippen molar-refractivity contribution >= 4 is 55.4 Å². The molecule has 0 unspecified atom stereocenters. The van der Waals surface area contributed by atoms with Crippen LogP contribution in [0, 0.1) is 10.5 Å². The van der Waals surface area contributed by atoms with Crippen LogP contribution in [0.2, 0.25) is 0 Å². The molecule has 1 aliphatic heterocycles. The van der Waals surface area contributed by atoms with Crippen LogP contribution in [0.5, 0.6) is 0 Å². The quantitative estimate of drug-likeness (QED) is 0.254. The molecule has 0 bridgehead atoms. The minimum absolute atomic E-state index is 0.231. The van der Waals surface area contributed by atoms with Crippen molar-refractivity contribution in [2.45, 2.75) is 38.2 Å². The number of nitrogens with zero attached hydrogens (tertiary/aromatic N) is 4. The van der Waals surface area contributed by atoms with Crippen LogP contribution in [-0.4, -0.2) is 60.1 Å². The minimum atomic E-state index is -3.76. The Hall–Kier alpha value is -3.12. The number of pyridine rings is 1. The molecule has 2 aromatic carbocycles. The van der Waals surface area contributed by atoms with Crippen molar-refractivity contribution < 1.29 is 17.9 Å². The number of hydrogen-bond acceptors (Lipinski definition) is 6. The Morgan fingerprint density at radius 1 is 0.949 bits per heavy atom. The highest BCUT2D eigenvalue weighted by Gasteiger charge is 2.26. The topological polar surface area (TPSA) is 84.7 Å². The van der Waals surface area contributed by atoms with Crippen molar-refractivity contribution in [1.29, 1.82) is 0 Å². The fourth-order valence-corrected chi connectivity index (χ4v) is 6.73. The van der Waals surface area contributed by atoms with Crippen LogP contribution in [0.15, 0.2) is 71.9 Å². The van der Waals surface area contributed by atoms with Gasteiger partial charge in [-0.1, -0.05) is 29.8 Å². The molecular formula is C29H31IN4O4S. The molecule has 1 amide bonds. The third-order valence-corrected chi connectivity index (χ3v) is 9.16. The van der Waals surface area contributed by atoms with Crippen LogP contribution >= 0.6 is 22.6 Å². The second-order valence-corrected chi connectivity index (χ2v) is 13.7. The smallest absolute Gasteiger partial charge is 0.410 e. The average molecular weight is 659 g/mol. The number of ether oxygens (including phenoxy) is 1. The lowest BCUT2D eigenvalue weighted by Gasteiger charge is -2.36. The number of halogens is 1. The Morgan fingerprint density at radius 3 is 2.21 bits per heavy atom. The van der Waals surface area contributed by atoms with Gasteiger partial charge < -0.3 is 14.5 Å². The molecule has 4 aromatic rings. The first kappa shape index (κ1) is 27.4. The maximum Gasteiger partial charge on any atom is 0.410 e. The first-order valence-electron chi connectivity index (χ1n) is 12.7. The van der Waals surface area contributed by atoms with E-state index in [1.54, 1.807) is 41.6 Å². The van der Waals surface area contributed by atoms with E-state index < -0.39 is 15.6 Å². The summed E-state index contributed by atoms with van der Waals surface area (Å²) >= 11 is 2.16. The number of hydrogen-bond donors (Lipinski definition) is 0. The average Bonchev–Trinajstić information content (AvgIpc) is 3.25. The van der Waals surface area contributed by atoms with Gasteiger partial charge in [-0.05, 0) is 86.2 Å². The first-order chi connectivity index (χ1) is 18.4. The van der Waals surface area contributed by atoms with Crippen LogP contribution < -0.4 is 4.90 Å². The van der Waals surface area contributed by atoms with Gasteiger partial charge in [-0.25, -0.2) is 22.2 Å². The van der Waals surface area contributed by atoms with Gasteiger partial charge in [-0.3, -0.25) is 0 Å². The van der Waals surface area contributed by atoms with Gasteiger partial charge in [0.1, 0.15) is 5.60 Å². The number of anilines is 1. The largest absolute Gasteiger partial charge is 0.444 e. The lowest BCUT2D eigenvalue weighted by Crippen LogP contribution is -2.50. The van der Waals surface area contributed by atoms with E-state index in [0.717, 1.165) is 44.4 Å². The number of piperazine rings is 1. The summed E-state index contributed by atoms with van der Waals surface area (Å²) in [6.07, 6.45) is 3.07. The zero-order valence-corrected chi connectivity index (χ0v) is 25.4. The predicted molar refractivity (Wildman–Crippen MR) is 162 cm³/mol. The first-order valence-corrected chi connectivity index (χ1v) is 15.3. The normalized spacial score (nSPS) is 14.6. The summed E-state index contributed by atoms with van der Waals surface area (Å²) in [6.45, 7) is 10.2. The molecule has 204 valence electrons. The summed E-state index contributed by atoms with van der Waals surface area (Å²) in [4.78, 5) is 21.2. The minimum Gasteiger partial charge on any atom is -0.444 e. The third-order valence-electron chi connectivity index (χ3n) is 6.64. The predicted octanol–water partition coefficient (Wildman–Crippen LogP) is 5.91. The Labute approximate surface area is 242 Å². The van der Waals surface area contributed by atoms with Crippen molar-refractivity contribution in [2.24, 2.45) is 0 Å². The molecule has 2 aromatic heterocycles. The molecule has 1 fully saturated rings. The van der Waals surface area contributed by atoms with Crippen LogP contribution in [-0.2, 0) is 14.8 Å². The van der Waals surface area contributed by atoms with Crippen molar-refractivity contribution in [3.63, 3.8) is 0 Å². The molecule has 5 rings (SSSR count). The summed E-state index contributed by atoms with van der Waals surface area (Å²) < 4.78 is 34.2. The van der Waals surface area contributed by atoms with Crippen molar-refractivity contribution in [1.82, 2.24) is 13.9 Å². The molecule has 10 heteroatoms. The Balaban J connectivity index is 1.33. The summed E-state index contributed by atoms with van der Waals surface area (Å²) in [7, 11) is -3.76. The molecule has 0 radical (unpaired) electrons.